The van der Waals surface area contributed by atoms with Gasteiger partial charge < -0.3 is 4.74 Å². The van der Waals surface area contributed by atoms with Crippen molar-refractivity contribution in [2.45, 2.75) is 32.0 Å². The quantitative estimate of drug-likeness (QED) is 0.752. The Bertz CT molecular complexity index is 818. The molecule has 0 bridgehead atoms. The summed E-state index contributed by atoms with van der Waals surface area (Å²) >= 11 is 0. The molecule has 0 atom stereocenters. The highest BCUT2D eigenvalue weighted by Gasteiger charge is 2.34. The monoisotopic (exact) mass is 393 g/mol. The van der Waals surface area contributed by atoms with Crippen LogP contribution in [0.1, 0.15) is 29.7 Å². The minimum Gasteiger partial charge on any atom is -0.480 e. The maximum atomic E-state index is 13.1. The number of likely N-dealkylation sites (tertiary alicyclic amines) is 1. The van der Waals surface area contributed by atoms with Gasteiger partial charge in [0, 0.05) is 31.3 Å². The number of ketones is 1. The number of hydrogen-bond acceptors (Lipinski definition) is 5. The molecule has 2 heterocycles. The number of carbonyl (C=O) groups is 1. The SMILES string of the molecule is COc1nccnc1CN1CCC(C(=O)Cc2ccccc2C(F)(F)F)CC1. The molecule has 0 amide bonds. The van der Waals surface area contributed by atoms with Crippen molar-refractivity contribution >= 4 is 5.78 Å². The van der Waals surface area contributed by atoms with Crippen LogP contribution in [0.5, 0.6) is 5.88 Å². The van der Waals surface area contributed by atoms with E-state index in [4.69, 9.17) is 4.74 Å². The van der Waals surface area contributed by atoms with E-state index < -0.39 is 11.7 Å². The van der Waals surface area contributed by atoms with Crippen molar-refractivity contribution in [3.05, 3.63) is 53.5 Å². The van der Waals surface area contributed by atoms with Crippen LogP contribution in [-0.4, -0.2) is 40.9 Å². The van der Waals surface area contributed by atoms with E-state index in [2.05, 4.69) is 14.9 Å². The van der Waals surface area contributed by atoms with Gasteiger partial charge in [0.05, 0.1) is 12.7 Å². The van der Waals surface area contributed by atoms with Crippen LogP contribution in [0.15, 0.2) is 36.7 Å². The first kappa shape index (κ1) is 20.3. The lowest BCUT2D eigenvalue weighted by atomic mass is 9.88. The molecule has 1 aliphatic heterocycles. The predicted octanol–water partition coefficient (Wildman–Crippen LogP) is 3.53. The number of halogens is 3. The number of nitrogens with zero attached hydrogens (tertiary/aromatic N) is 3. The number of methoxy groups -OCH3 is 1. The molecule has 1 fully saturated rings. The predicted molar refractivity (Wildman–Crippen MR) is 96.7 cm³/mol. The number of rotatable bonds is 6. The Morgan fingerprint density at radius 1 is 1.18 bits per heavy atom. The molecule has 0 spiro atoms. The molecule has 0 radical (unpaired) electrons. The third-order valence-electron chi connectivity index (χ3n) is 5.03. The minimum atomic E-state index is -4.45. The molecule has 5 nitrogen and oxygen atoms in total. The number of hydrogen-bond donors (Lipinski definition) is 0. The molecule has 2 aromatic rings. The molecule has 1 aliphatic rings. The van der Waals surface area contributed by atoms with Gasteiger partial charge in [-0.15, -0.1) is 0 Å². The summed E-state index contributed by atoms with van der Waals surface area (Å²) in [6.07, 6.45) is -0.224. The molecule has 28 heavy (non-hydrogen) atoms. The second kappa shape index (κ2) is 8.68. The highest BCUT2D eigenvalue weighted by atomic mass is 19.4. The fourth-order valence-electron chi connectivity index (χ4n) is 3.54. The Kier molecular flexibility index (Phi) is 6.28. The summed E-state index contributed by atoms with van der Waals surface area (Å²) in [6.45, 7) is 1.92. The van der Waals surface area contributed by atoms with Gasteiger partial charge in [0.25, 0.3) is 0 Å². The second-order valence-electron chi connectivity index (χ2n) is 6.86. The molecule has 1 saturated heterocycles. The Morgan fingerprint density at radius 3 is 2.54 bits per heavy atom. The van der Waals surface area contributed by atoms with Crippen molar-refractivity contribution in [3.8, 4) is 5.88 Å². The van der Waals surface area contributed by atoms with E-state index in [0.717, 1.165) is 11.8 Å². The zero-order valence-corrected chi connectivity index (χ0v) is 15.6. The summed E-state index contributed by atoms with van der Waals surface area (Å²) in [4.78, 5) is 23.1. The first-order valence-electron chi connectivity index (χ1n) is 9.12. The van der Waals surface area contributed by atoms with Gasteiger partial charge >= 0.3 is 6.18 Å². The Hall–Kier alpha value is -2.48. The van der Waals surface area contributed by atoms with E-state index in [1.54, 1.807) is 12.4 Å². The fourth-order valence-corrected chi connectivity index (χ4v) is 3.54. The number of benzene rings is 1. The summed E-state index contributed by atoms with van der Waals surface area (Å²) in [5.41, 5.74) is 0.0520. The van der Waals surface area contributed by atoms with Gasteiger partial charge in [0.15, 0.2) is 0 Å². The average Bonchev–Trinajstić information content (AvgIpc) is 2.68. The standard InChI is InChI=1S/C20H22F3N3O2/c1-28-19-17(24-8-9-25-19)13-26-10-6-14(7-11-26)18(27)12-15-4-2-3-5-16(15)20(21,22)23/h2-5,8-9,14H,6-7,10-13H2,1H3. The molecule has 0 N–H and O–H groups in total. The van der Waals surface area contributed by atoms with Crippen molar-refractivity contribution < 1.29 is 22.7 Å². The smallest absolute Gasteiger partial charge is 0.416 e. The highest BCUT2D eigenvalue weighted by Crippen LogP contribution is 2.33. The lowest BCUT2D eigenvalue weighted by molar-refractivity contribution is -0.138. The molecular weight excluding hydrogens is 371 g/mol. The Morgan fingerprint density at radius 2 is 1.86 bits per heavy atom. The van der Waals surface area contributed by atoms with E-state index in [9.17, 15) is 18.0 Å². The Labute approximate surface area is 161 Å². The van der Waals surface area contributed by atoms with Crippen molar-refractivity contribution in [1.82, 2.24) is 14.9 Å². The van der Waals surface area contributed by atoms with Crippen LogP contribution in [0.3, 0.4) is 0 Å². The number of aromatic nitrogens is 2. The third-order valence-corrected chi connectivity index (χ3v) is 5.03. The molecular formula is C20H22F3N3O2. The molecule has 3 rings (SSSR count). The summed E-state index contributed by atoms with van der Waals surface area (Å²) in [5, 5.41) is 0. The second-order valence-corrected chi connectivity index (χ2v) is 6.86. The topological polar surface area (TPSA) is 55.3 Å². The van der Waals surface area contributed by atoms with Gasteiger partial charge in [0.2, 0.25) is 5.88 Å². The number of carbonyl (C=O) groups excluding carboxylic acids is 1. The zero-order chi connectivity index (χ0) is 20.1. The lowest BCUT2D eigenvalue weighted by Crippen LogP contribution is -2.36. The average molecular weight is 393 g/mol. The van der Waals surface area contributed by atoms with Crippen LogP contribution in [0.4, 0.5) is 13.2 Å². The van der Waals surface area contributed by atoms with E-state index in [1.165, 1.54) is 25.3 Å². The number of piperidine rings is 1. The van der Waals surface area contributed by atoms with Crippen LogP contribution >= 0.6 is 0 Å². The molecule has 0 saturated carbocycles. The third kappa shape index (κ3) is 4.86. The van der Waals surface area contributed by atoms with Crippen LogP contribution in [0.2, 0.25) is 0 Å². The number of ether oxygens (including phenoxy) is 1. The first-order valence-corrected chi connectivity index (χ1v) is 9.12. The maximum Gasteiger partial charge on any atom is 0.416 e. The van der Waals surface area contributed by atoms with Crippen molar-refractivity contribution in [2.75, 3.05) is 20.2 Å². The van der Waals surface area contributed by atoms with E-state index in [-0.39, 0.29) is 23.7 Å². The minimum absolute atomic E-state index is 0.0479. The van der Waals surface area contributed by atoms with Crippen LogP contribution in [0.25, 0.3) is 0 Å². The normalized spacial score (nSPS) is 16.1. The van der Waals surface area contributed by atoms with Gasteiger partial charge in [-0.05, 0) is 37.6 Å². The van der Waals surface area contributed by atoms with E-state index in [1.807, 2.05) is 0 Å². The molecule has 1 aromatic heterocycles. The molecule has 8 heteroatoms. The summed E-state index contributed by atoms with van der Waals surface area (Å²) in [7, 11) is 1.54. The van der Waals surface area contributed by atoms with Gasteiger partial charge in [-0.3, -0.25) is 14.7 Å². The maximum absolute atomic E-state index is 13.1. The van der Waals surface area contributed by atoms with Gasteiger partial charge in [-0.2, -0.15) is 13.2 Å². The van der Waals surface area contributed by atoms with E-state index in [0.29, 0.717) is 38.4 Å². The van der Waals surface area contributed by atoms with Gasteiger partial charge in [0.1, 0.15) is 11.5 Å². The lowest BCUT2D eigenvalue weighted by Gasteiger charge is -2.31. The summed E-state index contributed by atoms with van der Waals surface area (Å²) in [6, 6.07) is 5.29. The largest absolute Gasteiger partial charge is 0.480 e. The van der Waals surface area contributed by atoms with Crippen LogP contribution in [-0.2, 0) is 23.9 Å². The number of alkyl halides is 3. The van der Waals surface area contributed by atoms with Crippen LogP contribution in [0, 0.1) is 5.92 Å². The van der Waals surface area contributed by atoms with E-state index >= 15 is 0 Å². The van der Waals surface area contributed by atoms with Crippen molar-refractivity contribution in [2.24, 2.45) is 5.92 Å². The van der Waals surface area contributed by atoms with Crippen LogP contribution < -0.4 is 4.74 Å². The molecule has 0 unspecified atom stereocenters. The van der Waals surface area contributed by atoms with Crippen molar-refractivity contribution in [1.29, 1.82) is 0 Å². The molecule has 1 aromatic carbocycles. The first-order chi connectivity index (χ1) is 13.4. The van der Waals surface area contributed by atoms with Gasteiger partial charge in [-0.25, -0.2) is 4.98 Å². The van der Waals surface area contributed by atoms with Gasteiger partial charge in [-0.1, -0.05) is 18.2 Å². The molecule has 0 aliphatic carbocycles. The summed E-state index contributed by atoms with van der Waals surface area (Å²) in [5.74, 6) is 0.124. The zero-order valence-electron chi connectivity index (χ0n) is 15.6. The van der Waals surface area contributed by atoms with Crippen molar-refractivity contribution in [3.63, 3.8) is 0 Å². The number of Topliss-reactive ketones (excluding diaryl/α,β-unsaturated/α-hetero) is 1. The Balaban J connectivity index is 1.57. The summed E-state index contributed by atoms with van der Waals surface area (Å²) < 4.78 is 44.6. The fraction of sp³-hybridized carbons (Fsp3) is 0.450. The molecule has 150 valence electrons. The highest BCUT2D eigenvalue weighted by molar-refractivity contribution is 5.83.